The number of benzene rings is 2. The summed E-state index contributed by atoms with van der Waals surface area (Å²) in [5.41, 5.74) is 0.838. The van der Waals surface area contributed by atoms with Gasteiger partial charge in [-0.15, -0.1) is 0 Å². The van der Waals surface area contributed by atoms with Crippen LogP contribution in [0, 0.1) is 24.8 Å². The van der Waals surface area contributed by atoms with E-state index in [2.05, 4.69) is 26.6 Å². The van der Waals surface area contributed by atoms with Crippen LogP contribution in [0.3, 0.4) is 0 Å². The summed E-state index contributed by atoms with van der Waals surface area (Å²) in [6, 6.07) is -0.439. The second kappa shape index (κ2) is 22.2. The molecule has 2 aromatic rings. The van der Waals surface area contributed by atoms with Crippen LogP contribution < -0.4 is 26.6 Å². The van der Waals surface area contributed by atoms with Gasteiger partial charge in [-0.2, -0.15) is 0 Å². The van der Waals surface area contributed by atoms with Crippen LogP contribution >= 0.6 is 113 Å². The monoisotopic (exact) mass is 1330 g/mol. The average Bonchev–Trinajstić information content (AvgIpc) is 3.15. The minimum Gasteiger partial charge on any atom is -0.394 e. The molecule has 1 fully saturated rings. The molecular formula is C32H37I5N6O12. The molecule has 0 radical (unpaired) electrons. The molecule has 0 aliphatic carbocycles. The van der Waals surface area contributed by atoms with Crippen molar-refractivity contribution in [3.8, 4) is 0 Å². The molecule has 6 amide bonds. The lowest BCUT2D eigenvalue weighted by atomic mass is 9.99. The highest BCUT2D eigenvalue weighted by atomic mass is 127. The molecule has 11 N–H and O–H groups in total. The molecule has 2 unspecified atom stereocenters. The maximum Gasteiger partial charge on any atom is 0.256 e. The Morgan fingerprint density at radius 1 is 0.636 bits per heavy atom. The van der Waals surface area contributed by atoms with Gasteiger partial charge in [0.15, 0.2) is 0 Å². The van der Waals surface area contributed by atoms with E-state index >= 15 is 0 Å². The van der Waals surface area contributed by atoms with E-state index in [1.165, 1.54) is 4.90 Å². The number of carbonyl (C=O) groups is 6. The molecule has 0 saturated carbocycles. The van der Waals surface area contributed by atoms with Crippen molar-refractivity contribution >= 4 is 160 Å². The Morgan fingerprint density at radius 3 is 1.55 bits per heavy atom. The number of aliphatic hydroxyl groups excluding tert-OH is 6. The number of rotatable bonds is 15. The van der Waals surface area contributed by atoms with Crippen LogP contribution in [0.5, 0.6) is 0 Å². The number of piperidine rings is 1. The molecule has 0 spiro atoms. The first kappa shape index (κ1) is 48.0. The van der Waals surface area contributed by atoms with Gasteiger partial charge in [0.2, 0.25) is 11.8 Å². The molecule has 2 atom stereocenters. The zero-order chi connectivity index (χ0) is 41.3. The quantitative estimate of drug-likeness (QED) is 0.106. The number of nitrogens with zero attached hydrogens (tertiary/aromatic N) is 1. The van der Waals surface area contributed by atoms with Crippen LogP contribution in [0.4, 0.5) is 11.4 Å². The van der Waals surface area contributed by atoms with Gasteiger partial charge >= 0.3 is 0 Å². The molecular weight excluding hydrogens is 1290 g/mol. The van der Waals surface area contributed by atoms with Gasteiger partial charge in [-0.25, -0.2) is 0 Å². The summed E-state index contributed by atoms with van der Waals surface area (Å²) in [7, 11) is 0. The first-order valence-corrected chi connectivity index (χ1v) is 21.6. The highest BCUT2D eigenvalue weighted by Gasteiger charge is 2.34. The smallest absolute Gasteiger partial charge is 0.256 e. The van der Waals surface area contributed by atoms with Gasteiger partial charge in [-0.05, 0) is 138 Å². The lowest BCUT2D eigenvalue weighted by Crippen LogP contribution is -2.47. The number of carbonyl (C=O) groups excluding carboxylic acids is 6. The Balaban J connectivity index is 1.92. The van der Waals surface area contributed by atoms with E-state index in [9.17, 15) is 54.3 Å². The van der Waals surface area contributed by atoms with Gasteiger partial charge in [0.25, 0.3) is 23.6 Å². The van der Waals surface area contributed by atoms with Crippen molar-refractivity contribution in [1.82, 2.24) is 20.9 Å². The van der Waals surface area contributed by atoms with Crippen molar-refractivity contribution in [1.29, 1.82) is 0 Å². The number of anilines is 2. The third-order valence-electron chi connectivity index (χ3n) is 8.19. The van der Waals surface area contributed by atoms with E-state index in [1.807, 2.05) is 113 Å². The number of halogens is 5. The first-order chi connectivity index (χ1) is 25.9. The fourth-order valence-electron chi connectivity index (χ4n) is 5.31. The summed E-state index contributed by atoms with van der Waals surface area (Å²) in [6.45, 7) is -1.56. The number of aliphatic hydroxyl groups is 6. The number of hydrogen-bond acceptors (Lipinski definition) is 12. The number of nitrogens with one attached hydrogen (secondary N) is 5. The van der Waals surface area contributed by atoms with E-state index in [1.54, 1.807) is 6.92 Å². The predicted molar refractivity (Wildman–Crippen MR) is 240 cm³/mol. The molecule has 1 saturated heterocycles. The van der Waals surface area contributed by atoms with E-state index in [4.69, 9.17) is 5.11 Å². The molecule has 18 nitrogen and oxygen atoms in total. The van der Waals surface area contributed by atoms with Gasteiger partial charge in [-0.3, -0.25) is 28.8 Å². The lowest BCUT2D eigenvalue weighted by Gasteiger charge is -2.33. The zero-order valence-electron chi connectivity index (χ0n) is 28.8. The largest absolute Gasteiger partial charge is 0.394 e. The van der Waals surface area contributed by atoms with Crippen LogP contribution in [0.1, 0.15) is 59.8 Å². The highest BCUT2D eigenvalue weighted by molar-refractivity contribution is 14.1. The second-order valence-corrected chi connectivity index (χ2v) is 17.4. The Morgan fingerprint density at radius 2 is 1.05 bits per heavy atom. The van der Waals surface area contributed by atoms with Gasteiger partial charge < -0.3 is 62.1 Å². The van der Waals surface area contributed by atoms with Crippen LogP contribution in [-0.2, 0) is 9.59 Å². The van der Waals surface area contributed by atoms with Gasteiger partial charge in [0.05, 0.1) is 69.8 Å². The number of amides is 6. The van der Waals surface area contributed by atoms with Gasteiger partial charge in [0, 0.05) is 39.4 Å². The van der Waals surface area contributed by atoms with E-state index in [-0.39, 0.29) is 70.5 Å². The van der Waals surface area contributed by atoms with Crippen molar-refractivity contribution in [3.63, 3.8) is 0 Å². The predicted octanol–water partition coefficient (Wildman–Crippen LogP) is 0.0802. The SMILES string of the molecule is Cc1c(NC(=O)CO)c(I)c(C(=O)NC2CCN(C(=O)c3c(I)c(NC(=O)CO)c(I)c(C(=O)NCC(O)CO)c3I)CC2)c(I)c1C(=O)NCC(O)CO. The Labute approximate surface area is 382 Å². The average molecular weight is 1330 g/mol. The molecule has 55 heavy (non-hydrogen) atoms. The van der Waals surface area contributed by atoms with Gasteiger partial charge in [0.1, 0.15) is 13.2 Å². The Kier molecular flexibility index (Phi) is 19.4. The van der Waals surface area contributed by atoms with Crippen molar-refractivity contribution in [2.75, 3.05) is 63.2 Å². The normalized spacial score (nSPS) is 14.1. The summed E-state index contributed by atoms with van der Waals surface area (Å²) in [6.07, 6.45) is -1.86. The maximum atomic E-state index is 14.1. The Bertz CT molecular complexity index is 1840. The molecule has 23 heteroatoms. The molecule has 3 rings (SSSR count). The van der Waals surface area contributed by atoms with Crippen molar-refractivity contribution in [2.45, 2.75) is 38.0 Å². The second-order valence-electron chi connectivity index (χ2n) is 12.0. The summed E-state index contributed by atoms with van der Waals surface area (Å²) in [5, 5.41) is 69.7. The topological polar surface area (TPSA) is 287 Å². The molecule has 1 heterocycles. The van der Waals surface area contributed by atoms with Crippen LogP contribution in [0.15, 0.2) is 0 Å². The Hall–Kier alpha value is -1.33. The summed E-state index contributed by atoms with van der Waals surface area (Å²) in [5.74, 6) is -3.93. The van der Waals surface area contributed by atoms with E-state index < -0.39 is 80.1 Å². The van der Waals surface area contributed by atoms with E-state index in [0.29, 0.717) is 25.5 Å². The summed E-state index contributed by atoms with van der Waals surface area (Å²) < 4.78 is 1.42. The number of hydrogen-bond donors (Lipinski definition) is 11. The van der Waals surface area contributed by atoms with E-state index in [0.717, 1.165) is 0 Å². The lowest BCUT2D eigenvalue weighted by molar-refractivity contribution is -0.119. The van der Waals surface area contributed by atoms with Gasteiger partial charge in [-0.1, -0.05) is 0 Å². The number of likely N-dealkylation sites (tertiary alicyclic amines) is 1. The fourth-order valence-corrected chi connectivity index (χ4v) is 12.4. The minimum absolute atomic E-state index is 0.0406. The molecule has 1 aliphatic heterocycles. The maximum absolute atomic E-state index is 14.1. The zero-order valence-corrected chi connectivity index (χ0v) is 39.6. The van der Waals surface area contributed by atoms with Crippen LogP contribution in [-0.4, -0.2) is 142 Å². The van der Waals surface area contributed by atoms with Crippen molar-refractivity contribution in [2.24, 2.45) is 0 Å². The third-order valence-corrected chi connectivity index (χ3v) is 13.6. The van der Waals surface area contributed by atoms with Crippen molar-refractivity contribution < 1.29 is 59.4 Å². The fraction of sp³-hybridized carbons (Fsp3) is 0.438. The molecule has 2 aromatic carbocycles. The van der Waals surface area contributed by atoms with Crippen molar-refractivity contribution in [3.05, 3.63) is 45.7 Å². The first-order valence-electron chi connectivity index (χ1n) is 16.2. The molecule has 1 aliphatic rings. The summed E-state index contributed by atoms with van der Waals surface area (Å²) in [4.78, 5) is 80.6. The van der Waals surface area contributed by atoms with Crippen LogP contribution in [0.25, 0.3) is 0 Å². The molecule has 0 bridgehead atoms. The molecule has 0 aromatic heterocycles. The third kappa shape index (κ3) is 11.9. The molecule has 302 valence electrons. The summed E-state index contributed by atoms with van der Waals surface area (Å²) >= 11 is 9.32. The minimum atomic E-state index is -1.23. The standard InChI is InChI=1S/C32H37I5N6O12/c1-12-18(29(52)38-6-14(48)8-44)22(33)20(24(35)27(12)41-16(50)10-46)31(54)40-13-2-4-43(5-3-13)32(55)21-23(34)19(30(53)39-7-15(49)9-45)25(36)28(26(21)37)42-17(51)11-47/h13-15,44-49H,2-11H2,1H3,(H,38,52)(H,39,53)(H,40,54)(H,41,50)(H,42,51). The van der Waals surface area contributed by atoms with Crippen LogP contribution in [0.2, 0.25) is 0 Å². The highest BCUT2D eigenvalue weighted by Crippen LogP contribution is 2.38.